The zero-order chi connectivity index (χ0) is 13.3. The third-order valence-electron chi connectivity index (χ3n) is 2.64. The summed E-state index contributed by atoms with van der Waals surface area (Å²) >= 11 is 3.50. The first-order valence-electron chi connectivity index (χ1n) is 5.63. The number of hydrazine groups is 1. The lowest BCUT2D eigenvalue weighted by molar-refractivity contribution is 0.783. The molecule has 0 aliphatic carbocycles. The monoisotopic (exact) mass is 310 g/mol. The minimum atomic E-state index is 0.584. The summed E-state index contributed by atoms with van der Waals surface area (Å²) < 4.78 is 2.77. The van der Waals surface area contributed by atoms with Gasteiger partial charge in [-0.3, -0.25) is 0 Å². The van der Waals surface area contributed by atoms with Crippen molar-refractivity contribution < 1.29 is 0 Å². The van der Waals surface area contributed by atoms with Gasteiger partial charge in [0.2, 0.25) is 0 Å². The van der Waals surface area contributed by atoms with Gasteiger partial charge in [0.15, 0.2) is 5.82 Å². The summed E-state index contributed by atoms with van der Waals surface area (Å²) in [5, 5.41) is 4.44. The molecule has 0 saturated heterocycles. The van der Waals surface area contributed by atoms with Gasteiger partial charge in [-0.1, -0.05) is 6.92 Å². The lowest BCUT2D eigenvalue weighted by Gasteiger charge is -2.08. The average molecular weight is 311 g/mol. The molecule has 2 rings (SSSR count). The number of hydrogen-bond donors (Lipinski definition) is 2. The van der Waals surface area contributed by atoms with Crippen LogP contribution >= 0.6 is 15.9 Å². The van der Waals surface area contributed by atoms with Gasteiger partial charge in [-0.2, -0.15) is 5.10 Å². The molecule has 0 atom stereocenters. The molecule has 0 radical (unpaired) electrons. The molecule has 0 spiro atoms. The first-order chi connectivity index (χ1) is 8.56. The van der Waals surface area contributed by atoms with Crippen LogP contribution in [0.1, 0.15) is 24.1 Å². The summed E-state index contributed by atoms with van der Waals surface area (Å²) in [4.78, 5) is 8.71. The number of hydrogen-bond acceptors (Lipinski definition) is 5. The van der Waals surface area contributed by atoms with Crippen LogP contribution in [0.2, 0.25) is 0 Å². The molecule has 2 aromatic rings. The number of nitrogens with one attached hydrogen (secondary N) is 1. The Kier molecular flexibility index (Phi) is 3.63. The van der Waals surface area contributed by atoms with Crippen LogP contribution in [0, 0.1) is 13.8 Å². The van der Waals surface area contributed by atoms with E-state index in [4.69, 9.17) is 5.84 Å². The van der Waals surface area contributed by atoms with E-state index in [1.807, 2.05) is 20.8 Å². The number of halogens is 1. The summed E-state index contributed by atoms with van der Waals surface area (Å²) in [5.74, 6) is 7.43. The third kappa shape index (κ3) is 2.23. The molecular weight excluding hydrogens is 296 g/mol. The van der Waals surface area contributed by atoms with Crippen molar-refractivity contribution >= 4 is 21.7 Å². The highest BCUT2D eigenvalue weighted by atomic mass is 79.9. The van der Waals surface area contributed by atoms with E-state index >= 15 is 0 Å². The van der Waals surface area contributed by atoms with E-state index in [1.54, 1.807) is 10.7 Å². The second-order valence-corrected chi connectivity index (χ2v) is 4.72. The zero-order valence-electron chi connectivity index (χ0n) is 10.5. The maximum Gasteiger partial charge on any atom is 0.159 e. The molecule has 6 nitrogen and oxygen atoms in total. The summed E-state index contributed by atoms with van der Waals surface area (Å²) in [6.07, 6.45) is 0.739. The number of rotatable bonds is 3. The predicted octanol–water partition coefficient (Wildman–Crippen LogP) is 1.89. The molecule has 2 heterocycles. The molecule has 0 amide bonds. The molecule has 96 valence electrons. The number of nitrogen functional groups attached to an aromatic ring is 1. The highest BCUT2D eigenvalue weighted by molar-refractivity contribution is 9.10. The van der Waals surface area contributed by atoms with Crippen molar-refractivity contribution in [2.75, 3.05) is 5.43 Å². The largest absolute Gasteiger partial charge is 0.308 e. The first-order valence-corrected chi connectivity index (χ1v) is 6.42. The van der Waals surface area contributed by atoms with Crippen LogP contribution in [0.15, 0.2) is 10.5 Å². The molecule has 0 aliphatic rings. The minimum absolute atomic E-state index is 0.584. The molecule has 0 saturated carbocycles. The molecule has 0 fully saturated rings. The third-order valence-corrected chi connectivity index (χ3v) is 3.79. The standard InChI is InChI=1S/C11H15BrN6/c1-4-8-14-9(16-13)5-10(15-8)18-7(3)11(12)6(2)17-18/h5H,4,13H2,1-3H3,(H,14,15,16). The lowest BCUT2D eigenvalue weighted by atomic mass is 10.4. The summed E-state index contributed by atoms with van der Waals surface area (Å²) in [5.41, 5.74) is 4.47. The van der Waals surface area contributed by atoms with Gasteiger partial charge in [0.05, 0.1) is 15.9 Å². The fourth-order valence-electron chi connectivity index (χ4n) is 1.67. The molecule has 0 bridgehead atoms. The Hall–Kier alpha value is -1.47. The molecule has 7 heteroatoms. The Morgan fingerprint density at radius 1 is 1.39 bits per heavy atom. The SMILES string of the molecule is CCc1nc(NN)cc(-n2nc(C)c(Br)c2C)n1. The number of aryl methyl sites for hydroxylation is 2. The van der Waals surface area contributed by atoms with Gasteiger partial charge in [0.25, 0.3) is 0 Å². The van der Waals surface area contributed by atoms with Crippen LogP contribution in [0.3, 0.4) is 0 Å². The van der Waals surface area contributed by atoms with Crippen molar-refractivity contribution in [3.63, 3.8) is 0 Å². The molecule has 2 aromatic heterocycles. The minimum Gasteiger partial charge on any atom is -0.308 e. The fourth-order valence-corrected chi connectivity index (χ4v) is 1.92. The maximum atomic E-state index is 5.41. The van der Waals surface area contributed by atoms with Gasteiger partial charge in [-0.05, 0) is 29.8 Å². The van der Waals surface area contributed by atoms with Gasteiger partial charge >= 0.3 is 0 Å². The summed E-state index contributed by atoms with van der Waals surface area (Å²) in [6, 6.07) is 1.77. The van der Waals surface area contributed by atoms with Crippen molar-refractivity contribution in [1.82, 2.24) is 19.7 Å². The normalized spacial score (nSPS) is 10.7. The van der Waals surface area contributed by atoms with E-state index in [1.165, 1.54) is 0 Å². The number of anilines is 1. The Morgan fingerprint density at radius 3 is 2.61 bits per heavy atom. The van der Waals surface area contributed by atoms with Crippen LogP contribution in [0.4, 0.5) is 5.82 Å². The zero-order valence-corrected chi connectivity index (χ0v) is 12.1. The van der Waals surface area contributed by atoms with E-state index < -0.39 is 0 Å². The van der Waals surface area contributed by atoms with E-state index in [0.29, 0.717) is 11.6 Å². The van der Waals surface area contributed by atoms with Crippen LogP contribution in [-0.4, -0.2) is 19.7 Å². The second kappa shape index (κ2) is 5.03. The number of nitrogens with two attached hydrogens (primary N) is 1. The topological polar surface area (TPSA) is 81.6 Å². The van der Waals surface area contributed by atoms with Gasteiger partial charge in [0, 0.05) is 12.5 Å². The summed E-state index contributed by atoms with van der Waals surface area (Å²) in [6.45, 7) is 5.92. The van der Waals surface area contributed by atoms with Gasteiger partial charge in [-0.25, -0.2) is 20.5 Å². The molecule has 0 aliphatic heterocycles. The van der Waals surface area contributed by atoms with E-state index in [2.05, 4.69) is 36.4 Å². The van der Waals surface area contributed by atoms with Gasteiger partial charge in [-0.15, -0.1) is 0 Å². The smallest absolute Gasteiger partial charge is 0.159 e. The van der Waals surface area contributed by atoms with Crippen molar-refractivity contribution in [2.45, 2.75) is 27.2 Å². The van der Waals surface area contributed by atoms with Crippen molar-refractivity contribution in [3.05, 3.63) is 27.8 Å². The van der Waals surface area contributed by atoms with Crippen molar-refractivity contribution in [2.24, 2.45) is 5.84 Å². The van der Waals surface area contributed by atoms with E-state index in [9.17, 15) is 0 Å². The Balaban J connectivity index is 2.59. The quantitative estimate of drug-likeness (QED) is 0.668. The molecule has 0 aromatic carbocycles. The summed E-state index contributed by atoms with van der Waals surface area (Å²) in [7, 11) is 0. The van der Waals surface area contributed by atoms with Gasteiger partial charge in [0.1, 0.15) is 11.6 Å². The van der Waals surface area contributed by atoms with Crippen molar-refractivity contribution in [1.29, 1.82) is 0 Å². The highest BCUT2D eigenvalue weighted by Crippen LogP contribution is 2.22. The van der Waals surface area contributed by atoms with E-state index in [0.717, 1.165) is 28.1 Å². The average Bonchev–Trinajstić information content (AvgIpc) is 2.65. The molecule has 3 N–H and O–H groups in total. The van der Waals surface area contributed by atoms with Crippen LogP contribution < -0.4 is 11.3 Å². The van der Waals surface area contributed by atoms with Crippen LogP contribution in [0.25, 0.3) is 5.82 Å². The Bertz CT molecular complexity index is 555. The molecular formula is C11H15BrN6. The molecule has 18 heavy (non-hydrogen) atoms. The Morgan fingerprint density at radius 2 is 2.11 bits per heavy atom. The number of nitrogens with zero attached hydrogens (tertiary/aromatic N) is 4. The fraction of sp³-hybridized carbons (Fsp3) is 0.364. The number of aromatic nitrogens is 4. The molecule has 0 unspecified atom stereocenters. The van der Waals surface area contributed by atoms with Crippen LogP contribution in [0.5, 0.6) is 0 Å². The second-order valence-electron chi connectivity index (χ2n) is 3.92. The lowest BCUT2D eigenvalue weighted by Crippen LogP contribution is -2.13. The highest BCUT2D eigenvalue weighted by Gasteiger charge is 2.13. The predicted molar refractivity (Wildman–Crippen MR) is 73.5 cm³/mol. The maximum absolute atomic E-state index is 5.41. The van der Waals surface area contributed by atoms with Crippen molar-refractivity contribution in [3.8, 4) is 5.82 Å². The van der Waals surface area contributed by atoms with Crippen LogP contribution in [-0.2, 0) is 6.42 Å². The first kappa shape index (κ1) is 13.0. The Labute approximate surface area is 114 Å². The van der Waals surface area contributed by atoms with Gasteiger partial charge < -0.3 is 5.43 Å². The van der Waals surface area contributed by atoms with E-state index in [-0.39, 0.29) is 0 Å².